The molecule has 0 atom stereocenters. The van der Waals surface area contributed by atoms with Crippen LogP contribution < -0.4 is 4.31 Å². The first kappa shape index (κ1) is 15.0. The minimum atomic E-state index is -3.56. The van der Waals surface area contributed by atoms with Gasteiger partial charge in [0, 0.05) is 12.0 Å². The molecule has 1 saturated carbocycles. The maximum atomic E-state index is 13.6. The van der Waals surface area contributed by atoms with Crippen molar-refractivity contribution in [1.82, 2.24) is 0 Å². The Kier molecular flexibility index (Phi) is 3.22. The standard InChI is InChI=1S/C17H15ClFNO2S/c18-14-6-5-12(9-15(14)19)10-23(21,22)20-11-17(7-8-17)13-3-1-2-4-16(13)20/h1-6,9H,7-8,10-11H2. The summed E-state index contributed by atoms with van der Waals surface area (Å²) in [5.74, 6) is -0.828. The molecule has 0 aromatic heterocycles. The first-order chi connectivity index (χ1) is 10.9. The molecule has 2 aromatic carbocycles. The Morgan fingerprint density at radius 2 is 1.91 bits per heavy atom. The Morgan fingerprint density at radius 3 is 2.61 bits per heavy atom. The fraction of sp³-hybridized carbons (Fsp3) is 0.294. The summed E-state index contributed by atoms with van der Waals surface area (Å²) in [4.78, 5) is 0. The highest BCUT2D eigenvalue weighted by atomic mass is 35.5. The zero-order chi connectivity index (χ0) is 16.2. The third-order valence-corrected chi connectivity index (χ3v) is 6.71. The molecule has 3 nitrogen and oxygen atoms in total. The second kappa shape index (κ2) is 4.95. The summed E-state index contributed by atoms with van der Waals surface area (Å²) in [6, 6.07) is 11.8. The topological polar surface area (TPSA) is 37.4 Å². The molecular formula is C17H15ClFNO2S. The number of hydrogen-bond donors (Lipinski definition) is 0. The van der Waals surface area contributed by atoms with Crippen LogP contribution in [0.2, 0.25) is 5.02 Å². The summed E-state index contributed by atoms with van der Waals surface area (Å²) in [5.41, 5.74) is 2.28. The summed E-state index contributed by atoms with van der Waals surface area (Å²) < 4.78 is 40.7. The van der Waals surface area contributed by atoms with Gasteiger partial charge < -0.3 is 0 Å². The zero-order valence-electron chi connectivity index (χ0n) is 12.3. The van der Waals surface area contributed by atoms with E-state index in [1.165, 1.54) is 16.4 Å². The van der Waals surface area contributed by atoms with Crippen LogP contribution >= 0.6 is 11.6 Å². The number of hydrogen-bond acceptors (Lipinski definition) is 2. The number of fused-ring (bicyclic) bond motifs is 2. The largest absolute Gasteiger partial charge is 0.269 e. The quantitative estimate of drug-likeness (QED) is 0.842. The van der Waals surface area contributed by atoms with Crippen LogP contribution in [0.1, 0.15) is 24.0 Å². The average Bonchev–Trinajstić information content (AvgIpc) is 3.20. The zero-order valence-corrected chi connectivity index (χ0v) is 13.9. The van der Waals surface area contributed by atoms with Gasteiger partial charge in [-0.15, -0.1) is 0 Å². The lowest BCUT2D eigenvalue weighted by Gasteiger charge is -2.20. The van der Waals surface area contributed by atoms with Crippen LogP contribution in [0.15, 0.2) is 42.5 Å². The molecule has 6 heteroatoms. The molecule has 0 saturated heterocycles. The van der Waals surface area contributed by atoms with Gasteiger partial charge >= 0.3 is 0 Å². The Hall–Kier alpha value is -1.59. The van der Waals surface area contributed by atoms with Crippen molar-refractivity contribution in [1.29, 1.82) is 0 Å². The minimum absolute atomic E-state index is 0.00500. The van der Waals surface area contributed by atoms with Crippen LogP contribution in [0.3, 0.4) is 0 Å². The van der Waals surface area contributed by atoms with Gasteiger partial charge in [-0.2, -0.15) is 0 Å². The molecular weight excluding hydrogens is 337 g/mol. The maximum Gasteiger partial charge on any atom is 0.239 e. The Morgan fingerprint density at radius 1 is 1.17 bits per heavy atom. The molecule has 0 amide bonds. The molecule has 23 heavy (non-hydrogen) atoms. The van der Waals surface area contributed by atoms with E-state index >= 15 is 0 Å². The van der Waals surface area contributed by atoms with E-state index in [2.05, 4.69) is 0 Å². The first-order valence-electron chi connectivity index (χ1n) is 7.45. The number of anilines is 1. The van der Waals surface area contributed by atoms with Crippen molar-refractivity contribution in [3.63, 3.8) is 0 Å². The van der Waals surface area contributed by atoms with Crippen LogP contribution in [-0.2, 0) is 21.2 Å². The van der Waals surface area contributed by atoms with E-state index in [-0.39, 0.29) is 16.2 Å². The number of halogens is 2. The minimum Gasteiger partial charge on any atom is -0.269 e. The van der Waals surface area contributed by atoms with Gasteiger partial charge in [-0.25, -0.2) is 12.8 Å². The molecule has 2 aliphatic rings. The van der Waals surface area contributed by atoms with E-state index in [1.54, 1.807) is 6.07 Å². The molecule has 1 heterocycles. The SMILES string of the molecule is O=S(=O)(Cc1ccc(Cl)c(F)c1)N1CC2(CC2)c2ccccc21. The van der Waals surface area contributed by atoms with Gasteiger partial charge in [0.25, 0.3) is 0 Å². The molecule has 0 unspecified atom stereocenters. The fourth-order valence-electron chi connectivity index (χ4n) is 3.33. The second-order valence-electron chi connectivity index (χ2n) is 6.31. The smallest absolute Gasteiger partial charge is 0.239 e. The van der Waals surface area contributed by atoms with Crippen molar-refractivity contribution >= 4 is 27.3 Å². The van der Waals surface area contributed by atoms with Crippen LogP contribution in [0, 0.1) is 5.82 Å². The normalized spacial score (nSPS) is 18.3. The van der Waals surface area contributed by atoms with Gasteiger partial charge in [0.1, 0.15) is 5.82 Å². The monoisotopic (exact) mass is 351 g/mol. The number of benzene rings is 2. The van der Waals surface area contributed by atoms with E-state index in [0.717, 1.165) is 24.1 Å². The fourth-order valence-corrected chi connectivity index (χ4v) is 5.11. The summed E-state index contributed by atoms with van der Waals surface area (Å²) >= 11 is 5.66. The number of sulfonamides is 1. The lowest BCUT2D eigenvalue weighted by molar-refractivity contribution is 0.587. The summed E-state index contributed by atoms with van der Waals surface area (Å²) in [7, 11) is -3.56. The van der Waals surface area contributed by atoms with Crippen LogP contribution in [0.5, 0.6) is 0 Å². The molecule has 1 fully saturated rings. The van der Waals surface area contributed by atoms with Crippen LogP contribution in [-0.4, -0.2) is 15.0 Å². The predicted molar refractivity (Wildman–Crippen MR) is 88.7 cm³/mol. The van der Waals surface area contributed by atoms with E-state index in [9.17, 15) is 12.8 Å². The van der Waals surface area contributed by atoms with Gasteiger partial charge in [-0.3, -0.25) is 4.31 Å². The van der Waals surface area contributed by atoms with Gasteiger partial charge in [0.05, 0.1) is 16.5 Å². The molecule has 0 bridgehead atoms. The van der Waals surface area contributed by atoms with Gasteiger partial charge in [-0.05, 0) is 42.2 Å². The molecule has 1 aliphatic heterocycles. The average molecular weight is 352 g/mol. The molecule has 2 aromatic rings. The van der Waals surface area contributed by atoms with Gasteiger partial charge in [-0.1, -0.05) is 35.9 Å². The van der Waals surface area contributed by atoms with Crippen molar-refractivity contribution in [2.45, 2.75) is 24.0 Å². The van der Waals surface area contributed by atoms with Gasteiger partial charge in [0.15, 0.2) is 0 Å². The van der Waals surface area contributed by atoms with Crippen LogP contribution in [0.25, 0.3) is 0 Å². The Balaban J connectivity index is 1.68. The molecule has 120 valence electrons. The maximum absolute atomic E-state index is 13.6. The third kappa shape index (κ3) is 2.42. The van der Waals surface area contributed by atoms with E-state index in [1.807, 2.05) is 24.3 Å². The van der Waals surface area contributed by atoms with Crippen molar-refractivity contribution in [3.05, 3.63) is 64.4 Å². The Labute approximate surface area is 139 Å². The molecule has 1 aliphatic carbocycles. The predicted octanol–water partition coefficient (Wildman–Crippen LogP) is 3.86. The first-order valence-corrected chi connectivity index (χ1v) is 9.44. The number of nitrogens with zero attached hydrogens (tertiary/aromatic N) is 1. The van der Waals surface area contributed by atoms with Crippen molar-refractivity contribution in [3.8, 4) is 0 Å². The highest BCUT2D eigenvalue weighted by molar-refractivity contribution is 7.92. The third-order valence-electron chi connectivity index (χ3n) is 4.71. The lowest BCUT2D eigenvalue weighted by Crippen LogP contribution is -2.32. The van der Waals surface area contributed by atoms with Crippen molar-refractivity contribution in [2.75, 3.05) is 10.8 Å². The van der Waals surface area contributed by atoms with E-state index in [0.29, 0.717) is 12.1 Å². The number of rotatable bonds is 3. The van der Waals surface area contributed by atoms with Crippen molar-refractivity contribution < 1.29 is 12.8 Å². The summed E-state index contributed by atoms with van der Waals surface area (Å²) in [6.07, 6.45) is 2.04. The van der Waals surface area contributed by atoms with Gasteiger partial charge in [0.2, 0.25) is 10.0 Å². The molecule has 0 N–H and O–H groups in total. The lowest BCUT2D eigenvalue weighted by atomic mass is 9.99. The molecule has 1 spiro atoms. The molecule has 4 rings (SSSR count). The van der Waals surface area contributed by atoms with E-state index in [4.69, 9.17) is 11.6 Å². The second-order valence-corrected chi connectivity index (χ2v) is 8.61. The highest BCUT2D eigenvalue weighted by Gasteiger charge is 2.53. The molecule has 0 radical (unpaired) electrons. The van der Waals surface area contributed by atoms with E-state index < -0.39 is 15.8 Å². The Bertz CT molecular complexity index is 893. The number of para-hydroxylation sites is 1. The van der Waals surface area contributed by atoms with Crippen LogP contribution in [0.4, 0.5) is 10.1 Å². The summed E-state index contributed by atoms with van der Waals surface area (Å²) in [5, 5.41) is -0.00500. The van der Waals surface area contributed by atoms with Crippen molar-refractivity contribution in [2.24, 2.45) is 0 Å². The summed E-state index contributed by atoms with van der Waals surface area (Å²) in [6.45, 7) is 0.491. The highest BCUT2D eigenvalue weighted by Crippen LogP contribution is 2.57.